The normalized spacial score (nSPS) is 11.8. The van der Waals surface area contributed by atoms with Crippen molar-refractivity contribution in [1.29, 1.82) is 0 Å². The number of carbonyl (C=O) groups is 1. The van der Waals surface area contributed by atoms with E-state index in [1.54, 1.807) is 24.3 Å². The molecule has 98 valence electrons. The molecule has 0 aliphatic carbocycles. The molecule has 1 N–H and O–H groups in total. The van der Waals surface area contributed by atoms with Crippen LogP contribution in [-0.4, -0.2) is 17.4 Å². The molecule has 0 aliphatic heterocycles. The Morgan fingerprint density at radius 1 is 1.00 bits per heavy atom. The van der Waals surface area contributed by atoms with Gasteiger partial charge in [-0.3, -0.25) is 0 Å². The van der Waals surface area contributed by atoms with E-state index in [-0.39, 0.29) is 6.61 Å². The van der Waals surface area contributed by atoms with Crippen molar-refractivity contribution < 1.29 is 19.4 Å². The third kappa shape index (κ3) is 4.12. The number of carboxylic acid groups (broad SMARTS) is 1. The average Bonchev–Trinajstić information content (AvgIpc) is 2.45. The first-order chi connectivity index (χ1) is 9.25. The minimum atomic E-state index is -1.32. The van der Waals surface area contributed by atoms with Crippen LogP contribution < -0.4 is 4.74 Å². The Labute approximate surface area is 111 Å². The molecule has 4 heteroatoms. The summed E-state index contributed by atoms with van der Waals surface area (Å²) in [4.78, 5) is 11.1. The van der Waals surface area contributed by atoms with Crippen molar-refractivity contribution in [2.45, 2.75) is 12.9 Å². The van der Waals surface area contributed by atoms with Gasteiger partial charge >= 0.3 is 5.97 Å². The van der Waals surface area contributed by atoms with Crippen LogP contribution in [0.1, 0.15) is 5.56 Å². The number of para-hydroxylation sites is 1. The highest BCUT2D eigenvalue weighted by Gasteiger charge is 2.20. The van der Waals surface area contributed by atoms with Gasteiger partial charge in [0.25, 0.3) is 6.29 Å². The van der Waals surface area contributed by atoms with Gasteiger partial charge in [-0.2, -0.15) is 0 Å². The zero-order chi connectivity index (χ0) is 13.5. The molecular formula is C15H14O4. The smallest absolute Gasteiger partial charge is 0.373 e. The zero-order valence-corrected chi connectivity index (χ0v) is 10.2. The maximum Gasteiger partial charge on any atom is 0.373 e. The molecule has 0 radical (unpaired) electrons. The first kappa shape index (κ1) is 13.1. The summed E-state index contributed by atoms with van der Waals surface area (Å²) in [7, 11) is 0. The minimum absolute atomic E-state index is 0.185. The molecule has 1 unspecified atom stereocenters. The van der Waals surface area contributed by atoms with Crippen LogP contribution in [0.2, 0.25) is 0 Å². The number of hydrogen-bond acceptors (Lipinski definition) is 3. The third-order valence-corrected chi connectivity index (χ3v) is 2.43. The lowest BCUT2D eigenvalue weighted by Gasteiger charge is -2.15. The fourth-order valence-electron chi connectivity index (χ4n) is 1.52. The molecule has 19 heavy (non-hydrogen) atoms. The number of aliphatic carboxylic acids is 1. The lowest BCUT2D eigenvalue weighted by atomic mass is 10.2. The van der Waals surface area contributed by atoms with Crippen LogP contribution in [0.15, 0.2) is 60.7 Å². The van der Waals surface area contributed by atoms with Crippen molar-refractivity contribution in [3.8, 4) is 5.75 Å². The Balaban J connectivity index is 1.95. The van der Waals surface area contributed by atoms with E-state index in [1.165, 1.54) is 0 Å². The van der Waals surface area contributed by atoms with Crippen LogP contribution in [0.3, 0.4) is 0 Å². The number of rotatable bonds is 6. The lowest BCUT2D eigenvalue weighted by Crippen LogP contribution is -2.30. The summed E-state index contributed by atoms with van der Waals surface area (Å²) < 4.78 is 10.5. The summed E-state index contributed by atoms with van der Waals surface area (Å²) in [5.74, 6) is -0.692. The highest BCUT2D eigenvalue weighted by atomic mass is 16.7. The molecule has 4 nitrogen and oxygen atoms in total. The van der Waals surface area contributed by atoms with Gasteiger partial charge in [-0.05, 0) is 17.7 Å². The molecule has 0 saturated heterocycles. The van der Waals surface area contributed by atoms with Crippen molar-refractivity contribution in [3.63, 3.8) is 0 Å². The highest BCUT2D eigenvalue weighted by molar-refractivity contribution is 5.71. The van der Waals surface area contributed by atoms with Crippen molar-refractivity contribution in [2.75, 3.05) is 0 Å². The molecule has 0 aliphatic rings. The molecule has 0 amide bonds. The standard InChI is InChI=1S/C15H14O4/c16-14(17)15(19-13-9-5-2-6-10-13)18-11-12-7-3-1-4-8-12/h1-10,15H,11H2,(H,16,17). The second-order valence-corrected chi connectivity index (χ2v) is 3.90. The number of ether oxygens (including phenoxy) is 2. The molecule has 1 atom stereocenters. The predicted octanol–water partition coefficient (Wildman–Crippen LogP) is 2.69. The molecule has 0 bridgehead atoms. The SMILES string of the molecule is O=C(O)C(OCc1ccccc1)Oc1ccccc1. The van der Waals surface area contributed by atoms with Gasteiger partial charge in [-0.25, -0.2) is 4.79 Å². The first-order valence-electron chi connectivity index (χ1n) is 5.86. The molecule has 0 saturated carbocycles. The molecule has 0 aromatic heterocycles. The van der Waals surface area contributed by atoms with E-state index in [4.69, 9.17) is 14.6 Å². The van der Waals surface area contributed by atoms with Gasteiger partial charge in [0.15, 0.2) is 0 Å². The van der Waals surface area contributed by atoms with Gasteiger partial charge in [-0.1, -0.05) is 48.5 Å². The quantitative estimate of drug-likeness (QED) is 0.809. The van der Waals surface area contributed by atoms with Crippen molar-refractivity contribution in [1.82, 2.24) is 0 Å². The maximum atomic E-state index is 11.1. The summed E-state index contributed by atoms with van der Waals surface area (Å²) >= 11 is 0. The van der Waals surface area contributed by atoms with Crippen LogP contribution in [0.25, 0.3) is 0 Å². The third-order valence-electron chi connectivity index (χ3n) is 2.43. The average molecular weight is 258 g/mol. The Hall–Kier alpha value is -2.33. The fraction of sp³-hybridized carbons (Fsp3) is 0.133. The van der Waals surface area contributed by atoms with Gasteiger partial charge in [0.2, 0.25) is 0 Å². The Kier molecular flexibility index (Phi) is 4.53. The van der Waals surface area contributed by atoms with Crippen LogP contribution in [0.5, 0.6) is 5.75 Å². The fourth-order valence-corrected chi connectivity index (χ4v) is 1.52. The topological polar surface area (TPSA) is 55.8 Å². The molecule has 0 heterocycles. The van der Waals surface area contributed by atoms with Gasteiger partial charge < -0.3 is 14.6 Å². The van der Waals surface area contributed by atoms with Crippen molar-refractivity contribution in [2.24, 2.45) is 0 Å². The van der Waals surface area contributed by atoms with Gasteiger partial charge in [-0.15, -0.1) is 0 Å². The van der Waals surface area contributed by atoms with E-state index in [0.29, 0.717) is 5.75 Å². The number of carboxylic acids is 1. The Morgan fingerprint density at radius 3 is 2.16 bits per heavy atom. The Bertz CT molecular complexity index is 510. The molecule has 0 fully saturated rings. The Morgan fingerprint density at radius 2 is 1.58 bits per heavy atom. The molecule has 2 aromatic rings. The van der Waals surface area contributed by atoms with Gasteiger partial charge in [0, 0.05) is 0 Å². The minimum Gasteiger partial charge on any atom is -0.477 e. The van der Waals surface area contributed by atoms with Crippen LogP contribution in [0, 0.1) is 0 Å². The summed E-state index contributed by atoms with van der Waals surface area (Å²) in [6.07, 6.45) is -1.32. The van der Waals surface area contributed by atoms with Gasteiger partial charge in [0.05, 0.1) is 6.61 Å². The van der Waals surface area contributed by atoms with Crippen molar-refractivity contribution >= 4 is 5.97 Å². The second-order valence-electron chi connectivity index (χ2n) is 3.90. The second kappa shape index (κ2) is 6.56. The first-order valence-corrected chi connectivity index (χ1v) is 5.86. The van der Waals surface area contributed by atoms with Crippen LogP contribution in [0.4, 0.5) is 0 Å². The number of hydrogen-bond donors (Lipinski definition) is 1. The maximum absolute atomic E-state index is 11.1. The van der Waals surface area contributed by atoms with E-state index >= 15 is 0 Å². The molecular weight excluding hydrogens is 244 g/mol. The van der Waals surface area contributed by atoms with Gasteiger partial charge in [0.1, 0.15) is 5.75 Å². The molecule has 2 rings (SSSR count). The zero-order valence-electron chi connectivity index (χ0n) is 10.2. The van der Waals surface area contributed by atoms with Crippen molar-refractivity contribution in [3.05, 3.63) is 66.2 Å². The van der Waals surface area contributed by atoms with E-state index in [0.717, 1.165) is 5.56 Å². The monoisotopic (exact) mass is 258 g/mol. The van der Waals surface area contributed by atoms with E-state index in [9.17, 15) is 4.79 Å². The summed E-state index contributed by atoms with van der Waals surface area (Å²) in [6.45, 7) is 0.185. The largest absolute Gasteiger partial charge is 0.477 e. The van der Waals surface area contributed by atoms with Crippen LogP contribution in [-0.2, 0) is 16.1 Å². The molecule has 2 aromatic carbocycles. The van der Waals surface area contributed by atoms with E-state index in [2.05, 4.69) is 0 Å². The van der Waals surface area contributed by atoms with E-state index in [1.807, 2.05) is 36.4 Å². The summed E-state index contributed by atoms with van der Waals surface area (Å²) in [5.41, 5.74) is 0.894. The molecule has 0 spiro atoms. The highest BCUT2D eigenvalue weighted by Crippen LogP contribution is 2.13. The van der Waals surface area contributed by atoms with E-state index < -0.39 is 12.3 Å². The number of benzene rings is 2. The summed E-state index contributed by atoms with van der Waals surface area (Å²) in [6, 6.07) is 18.1. The van der Waals surface area contributed by atoms with Crippen LogP contribution >= 0.6 is 0 Å². The predicted molar refractivity (Wildman–Crippen MR) is 69.7 cm³/mol. The summed E-state index contributed by atoms with van der Waals surface area (Å²) in [5, 5.41) is 9.06. The lowest BCUT2D eigenvalue weighted by molar-refractivity contribution is -0.173.